The second-order valence-corrected chi connectivity index (χ2v) is 2.75. The summed E-state index contributed by atoms with van der Waals surface area (Å²) >= 11 is 0. The third-order valence-corrected chi connectivity index (χ3v) is 1.98. The van der Waals surface area contributed by atoms with Crippen LogP contribution in [0.15, 0.2) is 18.2 Å². The lowest BCUT2D eigenvalue weighted by molar-refractivity contribution is 0.333. The highest BCUT2D eigenvalue weighted by atomic mass is 16.5. The third-order valence-electron chi connectivity index (χ3n) is 1.98. The molecule has 1 heterocycles. The molecule has 2 N–H and O–H groups in total. The average Bonchev–Trinajstić information content (AvgIpc) is 2.48. The van der Waals surface area contributed by atoms with E-state index in [0.29, 0.717) is 12.2 Å². The monoisotopic (exact) mass is 160 g/mol. The molecular weight excluding hydrogens is 152 g/mol. The summed E-state index contributed by atoms with van der Waals surface area (Å²) in [5.74, 6) is 0.751. The van der Waals surface area contributed by atoms with Crippen molar-refractivity contribution < 1.29 is 4.74 Å². The first kappa shape index (κ1) is 7.14. The molecule has 60 valence electrons. The molecule has 0 amide bonds. The van der Waals surface area contributed by atoms with Gasteiger partial charge in [0.15, 0.2) is 0 Å². The molecule has 2 rings (SSSR count). The molecule has 0 spiro atoms. The van der Waals surface area contributed by atoms with Gasteiger partial charge in [-0.2, -0.15) is 5.26 Å². The fourth-order valence-electron chi connectivity index (χ4n) is 1.41. The van der Waals surface area contributed by atoms with Crippen LogP contribution in [0.5, 0.6) is 5.75 Å². The summed E-state index contributed by atoms with van der Waals surface area (Å²) in [6.45, 7) is 0.480. The van der Waals surface area contributed by atoms with Gasteiger partial charge in [0.25, 0.3) is 0 Å². The van der Waals surface area contributed by atoms with E-state index in [1.54, 1.807) is 12.1 Å². The van der Waals surface area contributed by atoms with E-state index in [9.17, 15) is 0 Å². The summed E-state index contributed by atoms with van der Waals surface area (Å²) in [6, 6.07) is 7.35. The number of hydrogen-bond acceptors (Lipinski definition) is 3. The molecule has 0 bridgehead atoms. The SMILES string of the molecule is N#Cc1cccc2c1C(N)CO2. The molecule has 1 aromatic rings. The van der Waals surface area contributed by atoms with Crippen molar-refractivity contribution in [2.45, 2.75) is 6.04 Å². The number of nitrogens with two attached hydrogens (primary N) is 1. The zero-order valence-electron chi connectivity index (χ0n) is 6.45. The lowest BCUT2D eigenvalue weighted by atomic mass is 10.0. The Morgan fingerprint density at radius 1 is 1.58 bits per heavy atom. The number of hydrogen-bond donors (Lipinski definition) is 1. The van der Waals surface area contributed by atoms with E-state index < -0.39 is 0 Å². The predicted molar refractivity (Wildman–Crippen MR) is 43.6 cm³/mol. The lowest BCUT2D eigenvalue weighted by Gasteiger charge is -2.01. The number of ether oxygens (including phenoxy) is 1. The first-order valence-electron chi connectivity index (χ1n) is 3.74. The van der Waals surface area contributed by atoms with Gasteiger partial charge in [-0.1, -0.05) is 6.07 Å². The van der Waals surface area contributed by atoms with Crippen LogP contribution in [0.3, 0.4) is 0 Å². The predicted octanol–water partition coefficient (Wildman–Crippen LogP) is 0.950. The molecule has 1 atom stereocenters. The van der Waals surface area contributed by atoms with Crippen LogP contribution in [-0.2, 0) is 0 Å². The van der Waals surface area contributed by atoms with Crippen molar-refractivity contribution in [3.05, 3.63) is 29.3 Å². The first-order chi connectivity index (χ1) is 5.83. The maximum absolute atomic E-state index is 8.76. The summed E-state index contributed by atoms with van der Waals surface area (Å²) in [7, 11) is 0. The van der Waals surface area contributed by atoms with Gasteiger partial charge in [-0.15, -0.1) is 0 Å². The van der Waals surface area contributed by atoms with Gasteiger partial charge < -0.3 is 10.5 Å². The van der Waals surface area contributed by atoms with Crippen LogP contribution in [0.1, 0.15) is 17.2 Å². The van der Waals surface area contributed by atoms with E-state index in [4.69, 9.17) is 15.7 Å². The Morgan fingerprint density at radius 3 is 3.17 bits per heavy atom. The van der Waals surface area contributed by atoms with Gasteiger partial charge in [0, 0.05) is 5.56 Å². The zero-order valence-corrected chi connectivity index (χ0v) is 6.45. The Kier molecular flexibility index (Phi) is 1.49. The largest absolute Gasteiger partial charge is 0.491 e. The molecule has 3 heteroatoms. The van der Waals surface area contributed by atoms with E-state index in [0.717, 1.165) is 11.3 Å². The molecular formula is C9H8N2O. The molecule has 3 nitrogen and oxygen atoms in total. The number of benzene rings is 1. The van der Waals surface area contributed by atoms with Gasteiger partial charge in [0.2, 0.25) is 0 Å². The Bertz CT molecular complexity index is 354. The number of nitrogens with zero attached hydrogens (tertiary/aromatic N) is 1. The Hall–Kier alpha value is -1.53. The minimum atomic E-state index is -0.143. The van der Waals surface area contributed by atoms with Gasteiger partial charge in [0.05, 0.1) is 17.7 Å². The average molecular weight is 160 g/mol. The molecule has 1 aliphatic rings. The first-order valence-corrected chi connectivity index (χ1v) is 3.74. The third kappa shape index (κ3) is 0.858. The van der Waals surface area contributed by atoms with Crippen molar-refractivity contribution in [1.29, 1.82) is 5.26 Å². The molecule has 0 aromatic heterocycles. The van der Waals surface area contributed by atoms with E-state index in [-0.39, 0.29) is 6.04 Å². The summed E-state index contributed by atoms with van der Waals surface area (Å²) in [5, 5.41) is 8.76. The van der Waals surface area contributed by atoms with Crippen LogP contribution in [0.2, 0.25) is 0 Å². The van der Waals surface area contributed by atoms with Gasteiger partial charge >= 0.3 is 0 Å². The van der Waals surface area contributed by atoms with Gasteiger partial charge in [-0.3, -0.25) is 0 Å². The maximum Gasteiger partial charge on any atom is 0.125 e. The van der Waals surface area contributed by atoms with Crippen LogP contribution in [0.25, 0.3) is 0 Å². The smallest absolute Gasteiger partial charge is 0.125 e. The minimum Gasteiger partial charge on any atom is -0.491 e. The van der Waals surface area contributed by atoms with E-state index in [2.05, 4.69) is 6.07 Å². The van der Waals surface area contributed by atoms with Crippen LogP contribution in [-0.4, -0.2) is 6.61 Å². The molecule has 1 aromatic carbocycles. The Balaban J connectivity index is 2.62. The van der Waals surface area contributed by atoms with Crippen LogP contribution in [0.4, 0.5) is 0 Å². The van der Waals surface area contributed by atoms with Crippen molar-refractivity contribution in [3.63, 3.8) is 0 Å². The number of nitriles is 1. The van der Waals surface area contributed by atoms with Crippen molar-refractivity contribution in [3.8, 4) is 11.8 Å². The highest BCUT2D eigenvalue weighted by Crippen LogP contribution is 2.32. The maximum atomic E-state index is 8.76. The fourth-order valence-corrected chi connectivity index (χ4v) is 1.41. The summed E-state index contributed by atoms with van der Waals surface area (Å²) in [4.78, 5) is 0. The van der Waals surface area contributed by atoms with Gasteiger partial charge in [0.1, 0.15) is 12.4 Å². The van der Waals surface area contributed by atoms with Crippen molar-refractivity contribution in [1.82, 2.24) is 0 Å². The zero-order chi connectivity index (χ0) is 8.55. The lowest BCUT2D eigenvalue weighted by Crippen LogP contribution is -2.11. The van der Waals surface area contributed by atoms with Crippen LogP contribution >= 0.6 is 0 Å². The van der Waals surface area contributed by atoms with Gasteiger partial charge in [-0.05, 0) is 12.1 Å². The van der Waals surface area contributed by atoms with Crippen molar-refractivity contribution in [2.24, 2.45) is 5.73 Å². The molecule has 0 aliphatic carbocycles. The number of fused-ring (bicyclic) bond motifs is 1. The van der Waals surface area contributed by atoms with Crippen LogP contribution in [0, 0.1) is 11.3 Å². The van der Waals surface area contributed by atoms with E-state index in [1.165, 1.54) is 0 Å². The molecule has 1 unspecified atom stereocenters. The second kappa shape index (κ2) is 2.50. The molecule has 1 aliphatic heterocycles. The Labute approximate surface area is 70.4 Å². The summed E-state index contributed by atoms with van der Waals surface area (Å²) in [5.41, 5.74) is 7.22. The molecule has 0 saturated heterocycles. The summed E-state index contributed by atoms with van der Waals surface area (Å²) < 4.78 is 5.28. The quantitative estimate of drug-likeness (QED) is 0.614. The standard InChI is InChI=1S/C9H8N2O/c10-4-6-2-1-3-8-9(6)7(11)5-12-8/h1-3,7H,5,11H2. The van der Waals surface area contributed by atoms with Crippen LogP contribution < -0.4 is 10.5 Å². The van der Waals surface area contributed by atoms with E-state index in [1.807, 2.05) is 6.07 Å². The van der Waals surface area contributed by atoms with E-state index >= 15 is 0 Å². The van der Waals surface area contributed by atoms with Crippen molar-refractivity contribution in [2.75, 3.05) is 6.61 Å². The minimum absolute atomic E-state index is 0.143. The highest BCUT2D eigenvalue weighted by molar-refractivity contribution is 5.50. The Morgan fingerprint density at radius 2 is 2.42 bits per heavy atom. The van der Waals surface area contributed by atoms with Crippen molar-refractivity contribution >= 4 is 0 Å². The second-order valence-electron chi connectivity index (χ2n) is 2.75. The molecule has 0 fully saturated rings. The fraction of sp³-hybridized carbons (Fsp3) is 0.222. The number of rotatable bonds is 0. The molecule has 0 radical (unpaired) electrons. The molecule has 0 saturated carbocycles. The molecule has 12 heavy (non-hydrogen) atoms. The normalized spacial score (nSPS) is 19.5. The topological polar surface area (TPSA) is 59.0 Å². The van der Waals surface area contributed by atoms with Gasteiger partial charge in [-0.25, -0.2) is 0 Å². The summed E-state index contributed by atoms with van der Waals surface area (Å²) in [6.07, 6.45) is 0. The highest BCUT2D eigenvalue weighted by Gasteiger charge is 2.23.